The Labute approximate surface area is 443 Å². The van der Waals surface area contributed by atoms with Crippen LogP contribution in [0.3, 0.4) is 0 Å². The maximum absolute atomic E-state index is 13.7. The molecule has 0 N–H and O–H groups in total. The Hall–Kier alpha value is -3.83. The summed E-state index contributed by atoms with van der Waals surface area (Å²) in [4.78, 5) is 0. The third kappa shape index (κ3) is 13.9. The molecule has 2 aliphatic carbocycles. The van der Waals surface area contributed by atoms with Crippen LogP contribution in [0.25, 0.3) is 0 Å². The van der Waals surface area contributed by atoms with Crippen molar-refractivity contribution in [3.8, 4) is 11.5 Å². The van der Waals surface area contributed by atoms with Crippen LogP contribution in [0.15, 0.2) is 71.9 Å². The number of benzene rings is 2. The van der Waals surface area contributed by atoms with E-state index in [1.54, 1.807) is 0 Å². The van der Waals surface area contributed by atoms with Crippen LogP contribution in [0.5, 0.6) is 11.5 Å². The molecule has 78 heavy (non-hydrogen) atoms. The molecular formula is C48H60B3F15O11S. The van der Waals surface area contributed by atoms with Crippen LogP contribution in [0, 0.1) is 0 Å². The van der Waals surface area contributed by atoms with Gasteiger partial charge in [0, 0.05) is 19.3 Å². The van der Waals surface area contributed by atoms with Crippen molar-refractivity contribution < 1.29 is 116 Å². The summed E-state index contributed by atoms with van der Waals surface area (Å²) in [6, 6.07) is 8.11. The van der Waals surface area contributed by atoms with Gasteiger partial charge < -0.3 is 41.6 Å². The fraction of sp³-hybridized carbons (Fsp3) is 0.667. The van der Waals surface area contributed by atoms with E-state index < -0.39 is 89.2 Å². The second-order valence-electron chi connectivity index (χ2n) is 22.1. The van der Waals surface area contributed by atoms with Crippen molar-refractivity contribution in [2.24, 2.45) is 0 Å². The first-order valence-corrected chi connectivity index (χ1v) is 25.7. The highest BCUT2D eigenvalue weighted by molar-refractivity contribution is 7.88. The van der Waals surface area contributed by atoms with E-state index in [-0.39, 0.29) is 65.4 Å². The highest BCUT2D eigenvalue weighted by Gasteiger charge is 2.86. The highest BCUT2D eigenvalue weighted by Crippen LogP contribution is 2.55. The van der Waals surface area contributed by atoms with Gasteiger partial charge in [-0.15, -0.1) is 0 Å². The monoisotopic (exact) mass is 1160 g/mol. The molecule has 3 aliphatic heterocycles. The maximum Gasteiger partial charge on any atom is 0.490 e. The van der Waals surface area contributed by atoms with Crippen LogP contribution < -0.4 is 9.47 Å². The second kappa shape index (κ2) is 21.8. The Balaban J connectivity index is 0.000000226. The summed E-state index contributed by atoms with van der Waals surface area (Å²) in [7, 11) is -8.33. The lowest BCUT2D eigenvalue weighted by atomic mass is 9.49. The fourth-order valence-electron chi connectivity index (χ4n) is 7.66. The van der Waals surface area contributed by atoms with Gasteiger partial charge in [-0.25, -0.2) is 0 Å². The van der Waals surface area contributed by atoms with Crippen molar-refractivity contribution >= 4 is 31.3 Å². The van der Waals surface area contributed by atoms with Gasteiger partial charge in [0.2, 0.25) is 0 Å². The summed E-state index contributed by atoms with van der Waals surface area (Å²) >= 11 is 0. The predicted molar refractivity (Wildman–Crippen MR) is 255 cm³/mol. The van der Waals surface area contributed by atoms with Gasteiger partial charge in [-0.2, -0.15) is 74.3 Å². The predicted octanol–water partition coefficient (Wildman–Crippen LogP) is 13.7. The zero-order valence-corrected chi connectivity index (χ0v) is 45.3. The van der Waals surface area contributed by atoms with Crippen LogP contribution in [0.4, 0.5) is 65.9 Å². The minimum absolute atomic E-state index is 0.0575. The van der Waals surface area contributed by atoms with Gasteiger partial charge in [0.05, 0.1) is 44.7 Å². The zero-order valence-electron chi connectivity index (χ0n) is 44.5. The molecule has 3 saturated heterocycles. The van der Waals surface area contributed by atoms with E-state index in [0.717, 1.165) is 42.6 Å². The molecule has 30 heteroatoms. The lowest BCUT2D eigenvalue weighted by Gasteiger charge is -2.33. The number of hydrogen-bond donors (Lipinski definition) is 0. The normalized spacial score (nSPS) is 24.0. The minimum Gasteiger partial charge on any atom is -0.490 e. The average molecular weight is 1160 g/mol. The van der Waals surface area contributed by atoms with Crippen molar-refractivity contribution in [1.82, 2.24) is 0 Å². The Morgan fingerprint density at radius 2 is 0.808 bits per heavy atom. The first kappa shape index (κ1) is 65.0. The first-order valence-electron chi connectivity index (χ1n) is 24.3. The van der Waals surface area contributed by atoms with Crippen LogP contribution in [-0.2, 0) is 54.6 Å². The first-order chi connectivity index (χ1) is 35.0. The molecule has 2 unspecified atom stereocenters. The van der Waals surface area contributed by atoms with E-state index in [1.807, 2.05) is 83.1 Å². The summed E-state index contributed by atoms with van der Waals surface area (Å²) < 4.78 is 265. The SMILES string of the molecule is CC1(C)OB(B2OC(C)(C)C(C)(C)O2)OC1(C)C.CC1(C)OB(C2=CCC(Oc3ccc(C(F)(F)F)cc3)CC2)OC1(C)C.O=S(=O)(OC1=CCC(Oc2ccc(C(F)(F)F)cc2)CC1)C(F)(F)C(F)(F)C(F)(F)C(F)(F)F. The Kier molecular flexibility index (Phi) is 18.2. The number of allylic oxidation sites excluding steroid dienone is 2. The van der Waals surface area contributed by atoms with Crippen LogP contribution in [0.1, 0.15) is 133 Å². The molecule has 0 saturated carbocycles. The van der Waals surface area contributed by atoms with Gasteiger partial charge in [0.15, 0.2) is 0 Å². The summed E-state index contributed by atoms with van der Waals surface area (Å²) in [5, 5.41) is -6.98. The molecule has 0 bridgehead atoms. The zero-order chi connectivity index (χ0) is 59.5. The van der Waals surface area contributed by atoms with Crippen molar-refractivity contribution in [2.75, 3.05) is 0 Å². The van der Waals surface area contributed by atoms with E-state index in [9.17, 15) is 74.3 Å². The molecule has 3 fully saturated rings. The van der Waals surface area contributed by atoms with E-state index in [4.69, 9.17) is 37.4 Å². The Morgan fingerprint density at radius 3 is 1.10 bits per heavy atom. The molecule has 5 aliphatic rings. The van der Waals surface area contributed by atoms with Gasteiger partial charge in [0.1, 0.15) is 29.5 Å². The molecule has 2 aromatic rings. The number of halogens is 15. The number of rotatable bonds is 11. The summed E-state index contributed by atoms with van der Waals surface area (Å²) in [6.45, 7) is 24.3. The van der Waals surface area contributed by atoms with Gasteiger partial charge >= 0.3 is 66.9 Å². The molecule has 3 heterocycles. The van der Waals surface area contributed by atoms with Crippen LogP contribution in [0.2, 0.25) is 0 Å². The average Bonchev–Trinajstić information content (AvgIpc) is 3.76. The van der Waals surface area contributed by atoms with Crippen molar-refractivity contribution in [3.05, 3.63) is 83.0 Å². The molecule has 2 aromatic carbocycles. The van der Waals surface area contributed by atoms with E-state index in [2.05, 4.69) is 10.3 Å². The third-order valence-electron chi connectivity index (χ3n) is 14.7. The van der Waals surface area contributed by atoms with Crippen molar-refractivity contribution in [1.29, 1.82) is 0 Å². The molecule has 0 spiro atoms. The summed E-state index contributed by atoms with van der Waals surface area (Å²) in [5.74, 6) is -15.4. The maximum atomic E-state index is 13.7. The minimum atomic E-state index is -7.42. The van der Waals surface area contributed by atoms with Gasteiger partial charge in [-0.05, 0) is 162 Å². The molecule has 7 rings (SSSR count). The Morgan fingerprint density at radius 1 is 0.474 bits per heavy atom. The molecule has 2 atom stereocenters. The summed E-state index contributed by atoms with van der Waals surface area (Å²) in [5.41, 5.74) is -2.73. The number of hydrogen-bond acceptors (Lipinski definition) is 11. The summed E-state index contributed by atoms with van der Waals surface area (Å²) in [6.07, 6.45) is -13.3. The van der Waals surface area contributed by atoms with E-state index in [1.165, 1.54) is 12.1 Å². The molecule has 11 nitrogen and oxygen atoms in total. The highest BCUT2D eigenvalue weighted by atomic mass is 32.2. The standard InChI is InChI=1S/C19H24BF3O3.C17H12F12O4S.C12H24B2O4/c1-17(2)18(3,4)26-20(25-17)14-7-11-16(12-8-14)24-15-9-5-13(6-10-15)19(21,22)23;18-13(19,20)9-1-3-10(4-2-9)32-11-5-7-12(8-6-11)33-34(30,31)17(28,29)15(23,24)14(21,22)16(25,26)27;1-9(2)10(3,4)16-13(15-9)14-17-11(5,6)12(7,8)18-14/h5-7,9-10,16H,8,11-12H2,1-4H3;1-4,7,11H,5-6,8H2;1-8H3. The molecule has 0 aromatic heterocycles. The largest absolute Gasteiger partial charge is 0.490 e. The van der Waals surface area contributed by atoms with Crippen LogP contribution in [-0.4, -0.2) is 98.6 Å². The second-order valence-corrected chi connectivity index (χ2v) is 23.6. The molecular weight excluding hydrogens is 1100 g/mol. The Bertz CT molecular complexity index is 2500. The van der Waals surface area contributed by atoms with Crippen molar-refractivity contribution in [3.63, 3.8) is 0 Å². The topological polar surface area (TPSA) is 117 Å². The molecule has 0 radical (unpaired) electrons. The fourth-order valence-corrected chi connectivity index (χ4v) is 8.64. The van der Waals surface area contributed by atoms with Gasteiger partial charge in [-0.1, -0.05) is 6.08 Å². The van der Waals surface area contributed by atoms with E-state index >= 15 is 0 Å². The molecule has 0 amide bonds. The third-order valence-corrected chi connectivity index (χ3v) is 16.0. The van der Waals surface area contributed by atoms with Gasteiger partial charge in [0.25, 0.3) is 0 Å². The quantitative estimate of drug-likeness (QED) is 0.122. The number of ether oxygens (including phenoxy) is 2. The molecule has 438 valence electrons. The van der Waals surface area contributed by atoms with Gasteiger partial charge in [-0.3, -0.25) is 0 Å². The lowest BCUT2D eigenvalue weighted by molar-refractivity contribution is -0.382. The van der Waals surface area contributed by atoms with E-state index in [0.29, 0.717) is 30.4 Å². The van der Waals surface area contributed by atoms with Crippen molar-refractivity contribution in [2.45, 2.75) is 203 Å². The lowest BCUT2D eigenvalue weighted by Crippen LogP contribution is -2.63. The number of alkyl halides is 15. The smallest absolute Gasteiger partial charge is 0.490 e. The van der Waals surface area contributed by atoms with Crippen LogP contribution >= 0.6 is 0 Å².